The molecule has 0 spiro atoms. The first-order valence-electron chi connectivity index (χ1n) is 6.74. The fourth-order valence-corrected chi connectivity index (χ4v) is 1.71. The minimum atomic E-state index is -1.00. The largest absolute Gasteiger partial charge is 0.493 e. The molecule has 1 aromatic rings. The molecule has 0 bridgehead atoms. The number of benzene rings is 1. The molecule has 0 aliphatic carbocycles. The Balaban J connectivity index is 2.32. The average Bonchev–Trinajstić information content (AvgIpc) is 2.40. The molecule has 1 rings (SSSR count). The first-order valence-corrected chi connectivity index (χ1v) is 6.74. The predicted octanol–water partition coefficient (Wildman–Crippen LogP) is 2.13. The van der Waals surface area contributed by atoms with Crippen LogP contribution in [0, 0.1) is 6.92 Å². The lowest BCUT2D eigenvalue weighted by molar-refractivity contribution is -0.142. The Kier molecular flexibility index (Phi) is 6.56. The Morgan fingerprint density at radius 2 is 1.95 bits per heavy atom. The van der Waals surface area contributed by atoms with Gasteiger partial charge in [-0.3, -0.25) is 4.79 Å². The van der Waals surface area contributed by atoms with Gasteiger partial charge in [-0.2, -0.15) is 0 Å². The number of amides is 1. The third kappa shape index (κ3) is 5.73. The molecule has 0 fully saturated rings. The van der Waals surface area contributed by atoms with E-state index in [1.807, 2.05) is 38.1 Å². The van der Waals surface area contributed by atoms with Gasteiger partial charge in [0, 0.05) is 0 Å². The van der Waals surface area contributed by atoms with Crippen molar-refractivity contribution in [3.05, 3.63) is 29.8 Å². The highest BCUT2D eigenvalue weighted by atomic mass is 16.5. The number of carbonyl (C=O) groups excluding carboxylic acids is 1. The predicted molar refractivity (Wildman–Crippen MR) is 75.8 cm³/mol. The van der Waals surface area contributed by atoms with Crippen molar-refractivity contribution < 1.29 is 19.4 Å². The highest BCUT2D eigenvalue weighted by Gasteiger charge is 2.18. The van der Waals surface area contributed by atoms with Gasteiger partial charge in [0.2, 0.25) is 5.91 Å². The smallest absolute Gasteiger partial charge is 0.326 e. The van der Waals surface area contributed by atoms with Crippen LogP contribution in [-0.4, -0.2) is 29.6 Å². The van der Waals surface area contributed by atoms with E-state index in [1.165, 1.54) is 0 Å². The fraction of sp³-hybridized carbons (Fsp3) is 0.467. The summed E-state index contributed by atoms with van der Waals surface area (Å²) in [4.78, 5) is 22.5. The van der Waals surface area contributed by atoms with Crippen molar-refractivity contribution in [1.82, 2.24) is 5.32 Å². The van der Waals surface area contributed by atoms with Crippen molar-refractivity contribution >= 4 is 11.9 Å². The van der Waals surface area contributed by atoms with Crippen LogP contribution in [0.4, 0.5) is 0 Å². The van der Waals surface area contributed by atoms with Gasteiger partial charge in [0.05, 0.1) is 13.0 Å². The maximum absolute atomic E-state index is 11.6. The topological polar surface area (TPSA) is 75.6 Å². The van der Waals surface area contributed by atoms with Crippen molar-refractivity contribution in [1.29, 1.82) is 0 Å². The zero-order valence-corrected chi connectivity index (χ0v) is 11.9. The van der Waals surface area contributed by atoms with Crippen molar-refractivity contribution in [2.45, 2.75) is 39.2 Å². The summed E-state index contributed by atoms with van der Waals surface area (Å²) in [5.74, 6) is -0.607. The fourth-order valence-electron chi connectivity index (χ4n) is 1.71. The number of nitrogens with one attached hydrogen (secondary N) is 1. The van der Waals surface area contributed by atoms with Crippen molar-refractivity contribution in [2.75, 3.05) is 6.61 Å². The van der Waals surface area contributed by atoms with Gasteiger partial charge in [0.1, 0.15) is 11.8 Å². The quantitative estimate of drug-likeness (QED) is 0.764. The van der Waals surface area contributed by atoms with Crippen molar-refractivity contribution in [3.63, 3.8) is 0 Å². The first-order chi connectivity index (χ1) is 9.52. The van der Waals surface area contributed by atoms with Crippen LogP contribution in [0.25, 0.3) is 0 Å². The Morgan fingerprint density at radius 3 is 2.50 bits per heavy atom. The van der Waals surface area contributed by atoms with E-state index in [2.05, 4.69) is 5.32 Å². The molecule has 0 radical (unpaired) electrons. The lowest BCUT2D eigenvalue weighted by Gasteiger charge is -2.13. The molecule has 1 aromatic carbocycles. The number of rotatable bonds is 8. The van der Waals surface area contributed by atoms with Crippen LogP contribution in [0.1, 0.15) is 31.7 Å². The van der Waals surface area contributed by atoms with E-state index in [0.717, 1.165) is 5.56 Å². The number of hydrogen-bond donors (Lipinski definition) is 2. The molecule has 20 heavy (non-hydrogen) atoms. The van der Waals surface area contributed by atoms with Gasteiger partial charge >= 0.3 is 5.97 Å². The molecule has 1 atom stereocenters. The van der Waals surface area contributed by atoms with Gasteiger partial charge in [0.25, 0.3) is 0 Å². The van der Waals surface area contributed by atoms with E-state index in [1.54, 1.807) is 0 Å². The van der Waals surface area contributed by atoms with Crippen LogP contribution >= 0.6 is 0 Å². The molecule has 0 saturated heterocycles. The van der Waals surface area contributed by atoms with E-state index in [-0.39, 0.29) is 18.9 Å². The molecule has 0 aliphatic heterocycles. The number of aryl methyl sites for hydroxylation is 1. The molecule has 0 heterocycles. The summed E-state index contributed by atoms with van der Waals surface area (Å²) in [5, 5.41) is 11.4. The standard InChI is InChI=1S/C15H21NO4/c1-3-4-13(15(18)19)16-14(17)9-10-20-12-7-5-11(2)6-8-12/h5-8,13H,3-4,9-10H2,1-2H3,(H,16,17)(H,18,19)/t13-/m1/s1. The van der Waals surface area contributed by atoms with Crippen LogP contribution in [0.2, 0.25) is 0 Å². The van der Waals surface area contributed by atoms with E-state index in [4.69, 9.17) is 9.84 Å². The molecule has 0 saturated carbocycles. The normalized spacial score (nSPS) is 11.7. The second-order valence-corrected chi connectivity index (χ2v) is 4.66. The van der Waals surface area contributed by atoms with Crippen LogP contribution in [-0.2, 0) is 9.59 Å². The number of hydrogen-bond acceptors (Lipinski definition) is 3. The van der Waals surface area contributed by atoms with Gasteiger partial charge in [-0.1, -0.05) is 31.0 Å². The third-order valence-corrected chi connectivity index (χ3v) is 2.83. The van der Waals surface area contributed by atoms with E-state index >= 15 is 0 Å². The maximum Gasteiger partial charge on any atom is 0.326 e. The minimum Gasteiger partial charge on any atom is -0.493 e. The first kappa shape index (κ1) is 16.0. The van der Waals surface area contributed by atoms with Gasteiger partial charge in [-0.05, 0) is 25.5 Å². The SMILES string of the molecule is CCC[C@@H](NC(=O)CCOc1ccc(C)cc1)C(=O)O. The highest BCUT2D eigenvalue weighted by Crippen LogP contribution is 2.11. The lowest BCUT2D eigenvalue weighted by Crippen LogP contribution is -2.41. The summed E-state index contributed by atoms with van der Waals surface area (Å²) in [6.45, 7) is 4.09. The van der Waals surface area contributed by atoms with Gasteiger partial charge in [-0.15, -0.1) is 0 Å². The summed E-state index contributed by atoms with van der Waals surface area (Å²) >= 11 is 0. The highest BCUT2D eigenvalue weighted by molar-refractivity contribution is 5.83. The summed E-state index contributed by atoms with van der Waals surface area (Å²) in [5.41, 5.74) is 1.14. The van der Waals surface area contributed by atoms with Crippen LogP contribution in [0.15, 0.2) is 24.3 Å². The number of carboxylic acid groups (broad SMARTS) is 1. The summed E-state index contributed by atoms with van der Waals surface area (Å²) < 4.78 is 5.43. The minimum absolute atomic E-state index is 0.140. The average molecular weight is 279 g/mol. The molecule has 0 aliphatic rings. The second kappa shape index (κ2) is 8.19. The zero-order chi connectivity index (χ0) is 15.0. The van der Waals surface area contributed by atoms with Gasteiger partial charge < -0.3 is 15.2 Å². The van der Waals surface area contributed by atoms with Crippen molar-refractivity contribution in [2.24, 2.45) is 0 Å². The Bertz CT molecular complexity index is 442. The summed E-state index contributed by atoms with van der Waals surface area (Å²) in [6, 6.07) is 6.72. The monoisotopic (exact) mass is 279 g/mol. The lowest BCUT2D eigenvalue weighted by atomic mass is 10.1. The second-order valence-electron chi connectivity index (χ2n) is 4.66. The van der Waals surface area contributed by atoms with Crippen LogP contribution in [0.3, 0.4) is 0 Å². The van der Waals surface area contributed by atoms with Crippen LogP contribution in [0.5, 0.6) is 5.75 Å². The summed E-state index contributed by atoms with van der Waals surface area (Å²) in [7, 11) is 0. The summed E-state index contributed by atoms with van der Waals surface area (Å²) in [6.07, 6.45) is 1.28. The van der Waals surface area contributed by atoms with Crippen LogP contribution < -0.4 is 10.1 Å². The number of carbonyl (C=O) groups is 2. The number of ether oxygens (including phenoxy) is 1. The third-order valence-electron chi connectivity index (χ3n) is 2.83. The number of carboxylic acids is 1. The molecule has 0 aromatic heterocycles. The van der Waals surface area contributed by atoms with E-state index in [0.29, 0.717) is 18.6 Å². The molecular formula is C15H21NO4. The molecular weight excluding hydrogens is 258 g/mol. The van der Waals surface area contributed by atoms with Gasteiger partial charge in [0.15, 0.2) is 0 Å². The molecule has 2 N–H and O–H groups in total. The molecule has 110 valence electrons. The Labute approximate surface area is 118 Å². The molecule has 5 heteroatoms. The zero-order valence-electron chi connectivity index (χ0n) is 11.9. The molecule has 0 unspecified atom stereocenters. The number of aliphatic carboxylic acids is 1. The molecule has 1 amide bonds. The Morgan fingerprint density at radius 1 is 1.30 bits per heavy atom. The molecule has 5 nitrogen and oxygen atoms in total. The maximum atomic E-state index is 11.6. The van der Waals surface area contributed by atoms with Crippen molar-refractivity contribution in [3.8, 4) is 5.75 Å². The van der Waals surface area contributed by atoms with Gasteiger partial charge in [-0.25, -0.2) is 4.79 Å². The van der Waals surface area contributed by atoms with E-state index in [9.17, 15) is 9.59 Å². The Hall–Kier alpha value is -2.04. The van der Waals surface area contributed by atoms with E-state index < -0.39 is 12.0 Å².